The average molecular weight is 289 g/mol. The molecular formula is C21H23N. The summed E-state index contributed by atoms with van der Waals surface area (Å²) in [5.74, 6) is 0. The standard InChI is InChI=1S/C21H23N/c1-14-12-15(2)21(17(4)16(14)3)22(5)20-11-10-18-8-6-7-9-19(18)13-20/h6-13H,1-5H3. The van der Waals surface area contributed by atoms with Gasteiger partial charge in [0.15, 0.2) is 0 Å². The van der Waals surface area contributed by atoms with Gasteiger partial charge in [-0.1, -0.05) is 36.4 Å². The molecule has 0 bridgehead atoms. The van der Waals surface area contributed by atoms with Crippen LogP contribution in [0.3, 0.4) is 0 Å². The summed E-state index contributed by atoms with van der Waals surface area (Å²) in [6.45, 7) is 8.82. The van der Waals surface area contributed by atoms with Gasteiger partial charge in [-0.2, -0.15) is 0 Å². The molecule has 22 heavy (non-hydrogen) atoms. The van der Waals surface area contributed by atoms with Crippen LogP contribution >= 0.6 is 0 Å². The third kappa shape index (κ3) is 2.37. The van der Waals surface area contributed by atoms with E-state index < -0.39 is 0 Å². The largest absolute Gasteiger partial charge is 0.344 e. The molecule has 0 aromatic heterocycles. The van der Waals surface area contributed by atoms with E-state index in [0.29, 0.717) is 0 Å². The van der Waals surface area contributed by atoms with Gasteiger partial charge in [0, 0.05) is 18.4 Å². The minimum atomic E-state index is 1.23. The lowest BCUT2D eigenvalue weighted by atomic mass is 9.97. The Morgan fingerprint density at radius 1 is 0.682 bits per heavy atom. The van der Waals surface area contributed by atoms with Gasteiger partial charge in [-0.15, -0.1) is 0 Å². The molecular weight excluding hydrogens is 266 g/mol. The fourth-order valence-electron chi connectivity index (χ4n) is 3.30. The Morgan fingerprint density at radius 3 is 2.09 bits per heavy atom. The van der Waals surface area contributed by atoms with Crippen molar-refractivity contribution in [2.24, 2.45) is 0 Å². The van der Waals surface area contributed by atoms with Crippen molar-refractivity contribution < 1.29 is 0 Å². The van der Waals surface area contributed by atoms with E-state index in [1.54, 1.807) is 0 Å². The summed E-state index contributed by atoms with van der Waals surface area (Å²) in [4.78, 5) is 2.31. The van der Waals surface area contributed by atoms with Gasteiger partial charge < -0.3 is 4.90 Å². The fourth-order valence-corrected chi connectivity index (χ4v) is 3.30. The van der Waals surface area contributed by atoms with Crippen LogP contribution in [0.4, 0.5) is 11.4 Å². The molecule has 3 aromatic rings. The lowest BCUT2D eigenvalue weighted by Crippen LogP contribution is -2.13. The monoisotopic (exact) mass is 289 g/mol. The Balaban J connectivity index is 2.13. The molecule has 0 aliphatic heterocycles. The summed E-state index contributed by atoms with van der Waals surface area (Å²) < 4.78 is 0. The molecule has 0 aliphatic carbocycles. The van der Waals surface area contributed by atoms with E-state index in [1.165, 1.54) is 44.4 Å². The van der Waals surface area contributed by atoms with E-state index in [1.807, 2.05) is 0 Å². The Labute approximate surface area is 133 Å². The number of aryl methyl sites for hydroxylation is 2. The minimum Gasteiger partial charge on any atom is -0.344 e. The van der Waals surface area contributed by atoms with E-state index >= 15 is 0 Å². The molecule has 0 saturated heterocycles. The Kier molecular flexibility index (Phi) is 3.66. The number of benzene rings is 3. The van der Waals surface area contributed by atoms with Crippen molar-refractivity contribution in [3.8, 4) is 0 Å². The van der Waals surface area contributed by atoms with Crippen molar-refractivity contribution in [1.82, 2.24) is 0 Å². The first-order valence-corrected chi connectivity index (χ1v) is 7.79. The van der Waals surface area contributed by atoms with E-state index in [0.717, 1.165) is 0 Å². The zero-order valence-electron chi connectivity index (χ0n) is 14.1. The third-order valence-corrected chi connectivity index (χ3v) is 4.77. The lowest BCUT2D eigenvalue weighted by molar-refractivity contribution is 1.13. The highest BCUT2D eigenvalue weighted by Crippen LogP contribution is 2.34. The van der Waals surface area contributed by atoms with Gasteiger partial charge >= 0.3 is 0 Å². The van der Waals surface area contributed by atoms with Gasteiger partial charge in [0.2, 0.25) is 0 Å². The zero-order valence-corrected chi connectivity index (χ0v) is 14.1. The van der Waals surface area contributed by atoms with Crippen LogP contribution in [0.5, 0.6) is 0 Å². The molecule has 0 spiro atoms. The summed E-state index contributed by atoms with van der Waals surface area (Å²) in [6.07, 6.45) is 0. The van der Waals surface area contributed by atoms with Crippen molar-refractivity contribution in [3.63, 3.8) is 0 Å². The molecule has 0 radical (unpaired) electrons. The molecule has 1 heteroatoms. The number of fused-ring (bicyclic) bond motifs is 1. The summed E-state index contributed by atoms with van der Waals surface area (Å²) in [5, 5.41) is 2.57. The molecule has 0 saturated carbocycles. The maximum atomic E-state index is 2.31. The van der Waals surface area contributed by atoms with Crippen molar-refractivity contribution in [2.75, 3.05) is 11.9 Å². The summed E-state index contributed by atoms with van der Waals surface area (Å²) in [6, 6.07) is 17.5. The SMILES string of the molecule is Cc1cc(C)c(N(C)c2ccc3ccccc3c2)c(C)c1C. The fraction of sp³-hybridized carbons (Fsp3) is 0.238. The molecule has 0 amide bonds. The smallest absolute Gasteiger partial charge is 0.0470 e. The van der Waals surface area contributed by atoms with Crippen LogP contribution in [0.15, 0.2) is 48.5 Å². The Hall–Kier alpha value is -2.28. The number of hydrogen-bond donors (Lipinski definition) is 0. The second-order valence-corrected chi connectivity index (χ2v) is 6.20. The van der Waals surface area contributed by atoms with Crippen LogP contribution in [0, 0.1) is 27.7 Å². The molecule has 1 nitrogen and oxygen atoms in total. The second-order valence-electron chi connectivity index (χ2n) is 6.20. The lowest BCUT2D eigenvalue weighted by Gasteiger charge is -2.26. The van der Waals surface area contributed by atoms with Gasteiger partial charge in [-0.05, 0) is 72.9 Å². The number of nitrogens with zero attached hydrogens (tertiary/aromatic N) is 1. The summed E-state index contributed by atoms with van der Waals surface area (Å²) in [5.41, 5.74) is 8.00. The predicted molar refractivity (Wildman–Crippen MR) is 97.4 cm³/mol. The zero-order chi connectivity index (χ0) is 15.9. The first-order chi connectivity index (χ1) is 10.5. The first-order valence-electron chi connectivity index (χ1n) is 7.79. The molecule has 0 heterocycles. The molecule has 0 N–H and O–H groups in total. The number of rotatable bonds is 2. The highest BCUT2D eigenvalue weighted by atomic mass is 15.1. The quantitative estimate of drug-likeness (QED) is 0.572. The second kappa shape index (κ2) is 5.49. The molecule has 0 atom stereocenters. The maximum Gasteiger partial charge on any atom is 0.0470 e. The van der Waals surface area contributed by atoms with E-state index in [2.05, 4.69) is 88.2 Å². The van der Waals surface area contributed by atoms with Gasteiger partial charge in [-0.3, -0.25) is 0 Å². The van der Waals surface area contributed by atoms with Crippen LogP contribution in [0.2, 0.25) is 0 Å². The third-order valence-electron chi connectivity index (χ3n) is 4.77. The molecule has 0 unspecified atom stereocenters. The Bertz CT molecular complexity index is 846. The molecule has 0 fully saturated rings. The normalized spacial score (nSPS) is 11.0. The van der Waals surface area contributed by atoms with Crippen LogP contribution in [0.1, 0.15) is 22.3 Å². The first kappa shape index (κ1) is 14.6. The minimum absolute atomic E-state index is 1.23. The maximum absolute atomic E-state index is 2.31. The van der Waals surface area contributed by atoms with Crippen LogP contribution in [-0.2, 0) is 0 Å². The summed E-state index contributed by atoms with van der Waals surface area (Å²) in [7, 11) is 2.16. The van der Waals surface area contributed by atoms with Gasteiger partial charge in [0.1, 0.15) is 0 Å². The average Bonchev–Trinajstić information content (AvgIpc) is 2.52. The highest BCUT2D eigenvalue weighted by molar-refractivity contribution is 5.87. The highest BCUT2D eigenvalue weighted by Gasteiger charge is 2.13. The predicted octanol–water partition coefficient (Wildman–Crippen LogP) is 5.84. The number of anilines is 2. The topological polar surface area (TPSA) is 3.24 Å². The van der Waals surface area contributed by atoms with Crippen LogP contribution in [-0.4, -0.2) is 7.05 Å². The van der Waals surface area contributed by atoms with Crippen molar-refractivity contribution in [1.29, 1.82) is 0 Å². The van der Waals surface area contributed by atoms with Crippen molar-refractivity contribution >= 4 is 22.1 Å². The van der Waals surface area contributed by atoms with Crippen LogP contribution < -0.4 is 4.90 Å². The van der Waals surface area contributed by atoms with Crippen molar-refractivity contribution in [3.05, 3.63) is 70.8 Å². The molecule has 3 rings (SSSR count). The van der Waals surface area contributed by atoms with Gasteiger partial charge in [-0.25, -0.2) is 0 Å². The van der Waals surface area contributed by atoms with Crippen LogP contribution in [0.25, 0.3) is 10.8 Å². The Morgan fingerprint density at radius 2 is 1.36 bits per heavy atom. The number of hydrogen-bond acceptors (Lipinski definition) is 1. The summed E-state index contributed by atoms with van der Waals surface area (Å²) >= 11 is 0. The van der Waals surface area contributed by atoms with Gasteiger partial charge in [0.25, 0.3) is 0 Å². The molecule has 0 aliphatic rings. The molecule has 112 valence electrons. The molecule has 3 aromatic carbocycles. The van der Waals surface area contributed by atoms with E-state index in [-0.39, 0.29) is 0 Å². The van der Waals surface area contributed by atoms with E-state index in [9.17, 15) is 0 Å². The van der Waals surface area contributed by atoms with Crippen molar-refractivity contribution in [2.45, 2.75) is 27.7 Å². The van der Waals surface area contributed by atoms with Gasteiger partial charge in [0.05, 0.1) is 0 Å². The van der Waals surface area contributed by atoms with E-state index in [4.69, 9.17) is 0 Å².